The van der Waals surface area contributed by atoms with Gasteiger partial charge in [-0.25, -0.2) is 0 Å². The molecule has 0 radical (unpaired) electrons. The maximum atomic E-state index is 5.76. The lowest BCUT2D eigenvalue weighted by Crippen LogP contribution is -2.40. The van der Waals surface area contributed by atoms with Crippen molar-refractivity contribution in [2.24, 2.45) is 0 Å². The van der Waals surface area contributed by atoms with Crippen molar-refractivity contribution in [3.05, 3.63) is 60.2 Å². The van der Waals surface area contributed by atoms with Crippen LogP contribution in [0.3, 0.4) is 0 Å². The van der Waals surface area contributed by atoms with Crippen molar-refractivity contribution in [2.45, 2.75) is 19.5 Å². The largest absolute Gasteiger partial charge is 0.489 e. The molecule has 3 rings (SSSR count). The third-order valence-electron chi connectivity index (χ3n) is 3.38. The van der Waals surface area contributed by atoms with Crippen molar-refractivity contribution < 1.29 is 4.74 Å². The van der Waals surface area contributed by atoms with Gasteiger partial charge in [0.1, 0.15) is 12.4 Å². The normalized spacial score (nSPS) is 18.1. The second-order valence-corrected chi connectivity index (χ2v) is 4.74. The van der Waals surface area contributed by atoms with E-state index in [0.717, 1.165) is 18.9 Å². The van der Waals surface area contributed by atoms with Crippen molar-refractivity contribution >= 4 is 5.69 Å². The van der Waals surface area contributed by atoms with E-state index in [2.05, 4.69) is 54.3 Å². The van der Waals surface area contributed by atoms with E-state index in [1.165, 1.54) is 11.3 Å². The molecule has 18 heavy (non-hydrogen) atoms. The molecule has 1 aliphatic rings. The van der Waals surface area contributed by atoms with Crippen molar-refractivity contribution in [1.82, 2.24) is 0 Å². The van der Waals surface area contributed by atoms with Crippen LogP contribution in [-0.4, -0.2) is 12.6 Å². The van der Waals surface area contributed by atoms with Gasteiger partial charge >= 0.3 is 0 Å². The Morgan fingerprint density at radius 2 is 1.78 bits per heavy atom. The predicted octanol–water partition coefficient (Wildman–Crippen LogP) is 3.47. The fraction of sp³-hybridized carbons (Fsp3) is 0.250. The second kappa shape index (κ2) is 4.73. The lowest BCUT2D eigenvalue weighted by atomic mass is 10.1. The summed E-state index contributed by atoms with van der Waals surface area (Å²) < 4.78 is 5.76. The molecule has 2 heteroatoms. The van der Waals surface area contributed by atoms with Crippen molar-refractivity contribution in [2.75, 3.05) is 11.5 Å². The van der Waals surface area contributed by atoms with E-state index < -0.39 is 0 Å². The fourth-order valence-corrected chi connectivity index (χ4v) is 2.38. The lowest BCUT2D eigenvalue weighted by molar-refractivity contribution is 0.269. The summed E-state index contributed by atoms with van der Waals surface area (Å²) in [7, 11) is 0. The van der Waals surface area contributed by atoms with Gasteiger partial charge in [0.15, 0.2) is 0 Å². The Bertz CT molecular complexity index is 524. The SMILES string of the molecule is CC1COc2ccccc2N1Cc1ccccc1. The number of benzene rings is 2. The first-order valence-corrected chi connectivity index (χ1v) is 6.37. The van der Waals surface area contributed by atoms with E-state index in [4.69, 9.17) is 4.74 Å². The van der Waals surface area contributed by atoms with E-state index in [-0.39, 0.29) is 0 Å². The Morgan fingerprint density at radius 1 is 1.06 bits per heavy atom. The lowest BCUT2D eigenvalue weighted by Gasteiger charge is -2.36. The van der Waals surface area contributed by atoms with Gasteiger partial charge in [-0.3, -0.25) is 0 Å². The zero-order chi connectivity index (χ0) is 12.4. The minimum Gasteiger partial charge on any atom is -0.489 e. The Kier molecular flexibility index (Phi) is 2.93. The molecule has 0 saturated carbocycles. The highest BCUT2D eigenvalue weighted by atomic mass is 16.5. The highest BCUT2D eigenvalue weighted by Gasteiger charge is 2.23. The Labute approximate surface area is 108 Å². The van der Waals surface area contributed by atoms with Crippen molar-refractivity contribution in [1.29, 1.82) is 0 Å². The minimum atomic E-state index is 0.403. The number of hydrogen-bond acceptors (Lipinski definition) is 2. The first-order valence-electron chi connectivity index (χ1n) is 6.37. The van der Waals surface area contributed by atoms with E-state index in [1.807, 2.05) is 12.1 Å². The van der Waals surface area contributed by atoms with Crippen molar-refractivity contribution in [3.8, 4) is 5.75 Å². The summed E-state index contributed by atoms with van der Waals surface area (Å²) in [5, 5.41) is 0. The molecule has 1 unspecified atom stereocenters. The number of nitrogens with zero attached hydrogens (tertiary/aromatic N) is 1. The number of hydrogen-bond donors (Lipinski definition) is 0. The molecule has 1 heterocycles. The summed E-state index contributed by atoms with van der Waals surface area (Å²) in [5.41, 5.74) is 2.53. The molecule has 0 aliphatic carbocycles. The van der Waals surface area contributed by atoms with E-state index >= 15 is 0 Å². The Morgan fingerprint density at radius 3 is 2.61 bits per heavy atom. The number of ether oxygens (including phenoxy) is 1. The zero-order valence-corrected chi connectivity index (χ0v) is 10.5. The molecule has 2 nitrogen and oxygen atoms in total. The quantitative estimate of drug-likeness (QED) is 0.795. The molecule has 0 aromatic heterocycles. The number of rotatable bonds is 2. The summed E-state index contributed by atoms with van der Waals surface area (Å²) >= 11 is 0. The highest BCUT2D eigenvalue weighted by molar-refractivity contribution is 5.60. The van der Waals surface area contributed by atoms with Gasteiger partial charge in [0.2, 0.25) is 0 Å². The molecule has 1 atom stereocenters. The molecule has 0 N–H and O–H groups in total. The number of para-hydroxylation sites is 2. The molecular formula is C16H17NO. The van der Waals surface area contributed by atoms with Crippen LogP contribution in [0, 0.1) is 0 Å². The fourth-order valence-electron chi connectivity index (χ4n) is 2.38. The Balaban J connectivity index is 1.91. The summed E-state index contributed by atoms with van der Waals surface area (Å²) in [4.78, 5) is 2.41. The first-order chi connectivity index (χ1) is 8.84. The van der Waals surface area contributed by atoms with Gasteiger partial charge in [-0.1, -0.05) is 42.5 Å². The molecule has 92 valence electrons. The van der Waals surface area contributed by atoms with Gasteiger partial charge in [0, 0.05) is 6.54 Å². The summed E-state index contributed by atoms with van der Waals surface area (Å²) in [6.07, 6.45) is 0. The van der Waals surface area contributed by atoms with Crippen LogP contribution in [0.2, 0.25) is 0 Å². The van der Waals surface area contributed by atoms with Crippen LogP contribution in [0.25, 0.3) is 0 Å². The van der Waals surface area contributed by atoms with Crippen LogP contribution < -0.4 is 9.64 Å². The molecule has 0 spiro atoms. The zero-order valence-electron chi connectivity index (χ0n) is 10.5. The van der Waals surface area contributed by atoms with E-state index in [1.54, 1.807) is 0 Å². The first kappa shape index (κ1) is 11.1. The average Bonchev–Trinajstić information content (AvgIpc) is 2.43. The number of fused-ring (bicyclic) bond motifs is 1. The molecule has 1 aliphatic heterocycles. The van der Waals surface area contributed by atoms with Crippen LogP contribution in [-0.2, 0) is 6.54 Å². The standard InChI is InChI=1S/C16H17NO/c1-13-12-18-16-10-6-5-9-15(16)17(13)11-14-7-3-2-4-8-14/h2-10,13H,11-12H2,1H3. The van der Waals surface area contributed by atoms with E-state index in [9.17, 15) is 0 Å². The van der Waals surface area contributed by atoms with Crippen LogP contribution in [0.1, 0.15) is 12.5 Å². The summed E-state index contributed by atoms with van der Waals surface area (Å²) in [5.74, 6) is 0.992. The summed E-state index contributed by atoms with van der Waals surface area (Å²) in [6, 6.07) is 19.2. The monoisotopic (exact) mass is 239 g/mol. The Hall–Kier alpha value is -1.96. The predicted molar refractivity (Wildman–Crippen MR) is 74.0 cm³/mol. The molecule has 0 saturated heterocycles. The molecule has 0 fully saturated rings. The maximum Gasteiger partial charge on any atom is 0.142 e. The minimum absolute atomic E-state index is 0.403. The van der Waals surface area contributed by atoms with Gasteiger partial charge in [0.05, 0.1) is 11.7 Å². The van der Waals surface area contributed by atoms with Crippen LogP contribution in [0.15, 0.2) is 54.6 Å². The van der Waals surface area contributed by atoms with Gasteiger partial charge in [-0.2, -0.15) is 0 Å². The molecule has 2 aromatic rings. The maximum absolute atomic E-state index is 5.76. The van der Waals surface area contributed by atoms with Gasteiger partial charge in [0.25, 0.3) is 0 Å². The smallest absolute Gasteiger partial charge is 0.142 e. The van der Waals surface area contributed by atoms with Crippen LogP contribution in [0.5, 0.6) is 5.75 Å². The average molecular weight is 239 g/mol. The molecule has 2 aromatic carbocycles. The van der Waals surface area contributed by atoms with E-state index in [0.29, 0.717) is 6.04 Å². The third-order valence-corrected chi connectivity index (χ3v) is 3.38. The van der Waals surface area contributed by atoms with Crippen LogP contribution in [0.4, 0.5) is 5.69 Å². The topological polar surface area (TPSA) is 12.5 Å². The molecule has 0 bridgehead atoms. The van der Waals surface area contributed by atoms with Gasteiger partial charge in [-0.15, -0.1) is 0 Å². The van der Waals surface area contributed by atoms with Crippen LogP contribution >= 0.6 is 0 Å². The second-order valence-electron chi connectivity index (χ2n) is 4.74. The highest BCUT2D eigenvalue weighted by Crippen LogP contribution is 2.34. The third kappa shape index (κ3) is 2.06. The number of anilines is 1. The molecule has 0 amide bonds. The van der Waals surface area contributed by atoms with Gasteiger partial charge < -0.3 is 9.64 Å². The van der Waals surface area contributed by atoms with Crippen molar-refractivity contribution in [3.63, 3.8) is 0 Å². The van der Waals surface area contributed by atoms with Gasteiger partial charge in [-0.05, 0) is 24.6 Å². The summed E-state index contributed by atoms with van der Waals surface area (Å²) in [6.45, 7) is 3.89. The molecular weight excluding hydrogens is 222 g/mol.